The van der Waals surface area contributed by atoms with Crippen molar-refractivity contribution in [1.82, 2.24) is 10.9 Å². The zero-order valence-corrected chi connectivity index (χ0v) is 19.3. The molecule has 30 heavy (non-hydrogen) atoms. The van der Waals surface area contributed by atoms with E-state index in [2.05, 4.69) is 33.7 Å². The highest BCUT2D eigenvalue weighted by Gasteiger charge is 2.11. The highest BCUT2D eigenvalue weighted by atomic mass is 79.9. The Kier molecular flexibility index (Phi) is 9.67. The molecule has 2 aromatic rings. The van der Waals surface area contributed by atoms with E-state index in [1.165, 1.54) is 12.8 Å². The Labute approximate surface area is 186 Å². The van der Waals surface area contributed by atoms with E-state index in [0.29, 0.717) is 28.1 Å². The Bertz CT molecular complexity index is 870. The van der Waals surface area contributed by atoms with Gasteiger partial charge in [0.15, 0.2) is 6.61 Å². The van der Waals surface area contributed by atoms with E-state index >= 15 is 0 Å². The first kappa shape index (κ1) is 23.7. The molecular formula is C23H29BrN2O4. The van der Waals surface area contributed by atoms with E-state index in [1.807, 2.05) is 32.0 Å². The minimum Gasteiger partial charge on any atom is -0.492 e. The molecule has 0 saturated carbocycles. The van der Waals surface area contributed by atoms with Crippen molar-refractivity contribution in [2.24, 2.45) is 0 Å². The van der Waals surface area contributed by atoms with Gasteiger partial charge in [0.05, 0.1) is 11.1 Å². The van der Waals surface area contributed by atoms with Crippen molar-refractivity contribution >= 4 is 27.7 Å². The second-order valence-corrected chi connectivity index (χ2v) is 7.97. The van der Waals surface area contributed by atoms with Gasteiger partial charge < -0.3 is 9.47 Å². The van der Waals surface area contributed by atoms with Crippen LogP contribution in [0.15, 0.2) is 40.9 Å². The fourth-order valence-electron chi connectivity index (χ4n) is 2.81. The first-order valence-corrected chi connectivity index (χ1v) is 10.9. The summed E-state index contributed by atoms with van der Waals surface area (Å²) in [7, 11) is 0. The van der Waals surface area contributed by atoms with Gasteiger partial charge in [-0.25, -0.2) is 0 Å². The van der Waals surface area contributed by atoms with Crippen molar-refractivity contribution in [3.8, 4) is 11.5 Å². The number of hydrazine groups is 1. The van der Waals surface area contributed by atoms with Gasteiger partial charge >= 0.3 is 0 Å². The van der Waals surface area contributed by atoms with Crippen LogP contribution in [0.5, 0.6) is 11.5 Å². The molecule has 2 aromatic carbocycles. The van der Waals surface area contributed by atoms with Crippen molar-refractivity contribution in [2.75, 3.05) is 13.2 Å². The molecule has 0 aromatic heterocycles. The normalized spacial score (nSPS) is 10.4. The van der Waals surface area contributed by atoms with E-state index in [0.717, 1.165) is 24.0 Å². The van der Waals surface area contributed by atoms with Crippen LogP contribution in [0.4, 0.5) is 0 Å². The third-order valence-electron chi connectivity index (χ3n) is 4.45. The first-order valence-electron chi connectivity index (χ1n) is 10.1. The molecule has 0 aliphatic rings. The average molecular weight is 477 g/mol. The summed E-state index contributed by atoms with van der Waals surface area (Å²) < 4.78 is 11.9. The lowest BCUT2D eigenvalue weighted by atomic mass is 10.1. The molecule has 0 saturated heterocycles. The Morgan fingerprint density at radius 1 is 0.933 bits per heavy atom. The number of carbonyl (C=O) groups excluding carboxylic acids is 2. The molecule has 0 spiro atoms. The van der Waals surface area contributed by atoms with Crippen LogP contribution in [-0.2, 0) is 4.79 Å². The van der Waals surface area contributed by atoms with E-state index in [9.17, 15) is 9.59 Å². The summed E-state index contributed by atoms with van der Waals surface area (Å²) in [4.78, 5) is 24.2. The third kappa shape index (κ3) is 7.71. The van der Waals surface area contributed by atoms with Gasteiger partial charge in [0, 0.05) is 5.56 Å². The van der Waals surface area contributed by atoms with E-state index in [1.54, 1.807) is 18.2 Å². The summed E-state index contributed by atoms with van der Waals surface area (Å²) in [5.74, 6) is 0.449. The van der Waals surface area contributed by atoms with Gasteiger partial charge in [0.1, 0.15) is 11.5 Å². The summed E-state index contributed by atoms with van der Waals surface area (Å²) in [5.41, 5.74) is 7.22. The number of halogens is 1. The topological polar surface area (TPSA) is 76.7 Å². The molecule has 0 heterocycles. The number of rotatable bonds is 10. The molecule has 0 bridgehead atoms. The second-order valence-electron chi connectivity index (χ2n) is 7.11. The second kappa shape index (κ2) is 12.2. The number of amides is 2. The van der Waals surface area contributed by atoms with Crippen molar-refractivity contribution in [1.29, 1.82) is 0 Å². The number of aryl methyl sites for hydroxylation is 2. The van der Waals surface area contributed by atoms with Gasteiger partial charge in [-0.05, 0) is 66.0 Å². The number of hydrogen-bond donors (Lipinski definition) is 2. The Hall–Kier alpha value is -2.54. The maximum Gasteiger partial charge on any atom is 0.276 e. The quantitative estimate of drug-likeness (QED) is 0.378. The standard InChI is InChI=1S/C23H29BrN2O4/c1-4-5-6-7-12-29-21-11-9-18(14-19(21)24)23(28)26-25-22(27)15-30-20-10-8-16(2)13-17(20)3/h8-11,13-14H,4-7,12,15H2,1-3H3,(H,25,27)(H,26,28). The van der Waals surface area contributed by atoms with Gasteiger partial charge in [0.2, 0.25) is 0 Å². The molecule has 2 amide bonds. The van der Waals surface area contributed by atoms with Crippen LogP contribution in [-0.4, -0.2) is 25.0 Å². The molecule has 0 unspecified atom stereocenters. The summed E-state index contributed by atoms with van der Waals surface area (Å²) >= 11 is 3.43. The van der Waals surface area contributed by atoms with Crippen molar-refractivity contribution in [3.63, 3.8) is 0 Å². The van der Waals surface area contributed by atoms with Crippen LogP contribution in [0.3, 0.4) is 0 Å². The fraction of sp³-hybridized carbons (Fsp3) is 0.391. The predicted octanol–water partition coefficient (Wildman–Crippen LogP) is 4.87. The molecule has 0 aliphatic heterocycles. The monoisotopic (exact) mass is 476 g/mol. The summed E-state index contributed by atoms with van der Waals surface area (Å²) in [6, 6.07) is 10.8. The lowest BCUT2D eigenvalue weighted by molar-refractivity contribution is -0.123. The molecule has 0 aliphatic carbocycles. The molecule has 0 fully saturated rings. The Morgan fingerprint density at radius 2 is 1.70 bits per heavy atom. The molecule has 2 rings (SSSR count). The van der Waals surface area contributed by atoms with Gasteiger partial charge in [0.25, 0.3) is 11.8 Å². The van der Waals surface area contributed by atoms with Crippen LogP contribution in [0.1, 0.15) is 54.1 Å². The smallest absolute Gasteiger partial charge is 0.276 e. The predicted molar refractivity (Wildman–Crippen MR) is 121 cm³/mol. The lowest BCUT2D eigenvalue weighted by Gasteiger charge is -2.12. The number of carbonyl (C=O) groups is 2. The van der Waals surface area contributed by atoms with Crippen LogP contribution >= 0.6 is 15.9 Å². The van der Waals surface area contributed by atoms with E-state index in [4.69, 9.17) is 9.47 Å². The maximum atomic E-state index is 12.3. The van der Waals surface area contributed by atoms with Crippen molar-refractivity contribution < 1.29 is 19.1 Å². The van der Waals surface area contributed by atoms with Crippen LogP contribution < -0.4 is 20.3 Å². The lowest BCUT2D eigenvalue weighted by Crippen LogP contribution is -2.43. The molecule has 162 valence electrons. The highest BCUT2D eigenvalue weighted by Crippen LogP contribution is 2.26. The summed E-state index contributed by atoms with van der Waals surface area (Å²) in [6.45, 7) is 6.52. The number of benzene rings is 2. The van der Waals surface area contributed by atoms with Gasteiger partial charge in [-0.2, -0.15) is 0 Å². The maximum absolute atomic E-state index is 12.3. The highest BCUT2D eigenvalue weighted by molar-refractivity contribution is 9.10. The minimum absolute atomic E-state index is 0.196. The van der Waals surface area contributed by atoms with Crippen LogP contribution in [0.25, 0.3) is 0 Å². The first-order chi connectivity index (χ1) is 14.4. The zero-order valence-electron chi connectivity index (χ0n) is 17.7. The summed E-state index contributed by atoms with van der Waals surface area (Å²) in [6.07, 6.45) is 4.52. The van der Waals surface area contributed by atoms with Crippen molar-refractivity contribution in [3.05, 3.63) is 57.6 Å². The molecular weight excluding hydrogens is 448 g/mol. The molecule has 0 radical (unpaired) electrons. The van der Waals surface area contributed by atoms with E-state index < -0.39 is 11.8 Å². The third-order valence-corrected chi connectivity index (χ3v) is 5.07. The van der Waals surface area contributed by atoms with E-state index in [-0.39, 0.29) is 6.61 Å². The minimum atomic E-state index is -0.450. The number of ether oxygens (including phenoxy) is 2. The Balaban J connectivity index is 1.78. The van der Waals surface area contributed by atoms with Gasteiger partial charge in [-0.1, -0.05) is 43.9 Å². The average Bonchev–Trinajstić information content (AvgIpc) is 2.72. The largest absolute Gasteiger partial charge is 0.492 e. The molecule has 2 N–H and O–H groups in total. The van der Waals surface area contributed by atoms with Gasteiger partial charge in [-0.15, -0.1) is 0 Å². The summed E-state index contributed by atoms with van der Waals surface area (Å²) in [5, 5.41) is 0. The molecule has 6 nitrogen and oxygen atoms in total. The van der Waals surface area contributed by atoms with Crippen LogP contribution in [0, 0.1) is 13.8 Å². The van der Waals surface area contributed by atoms with Crippen molar-refractivity contribution in [2.45, 2.75) is 46.5 Å². The number of nitrogens with one attached hydrogen (secondary N) is 2. The molecule has 7 heteroatoms. The molecule has 0 atom stereocenters. The number of unbranched alkanes of at least 4 members (excludes halogenated alkanes) is 3. The SMILES string of the molecule is CCCCCCOc1ccc(C(=O)NNC(=O)COc2ccc(C)cc2C)cc1Br. The Morgan fingerprint density at radius 3 is 2.40 bits per heavy atom. The zero-order chi connectivity index (χ0) is 21.9. The van der Waals surface area contributed by atoms with Crippen LogP contribution in [0.2, 0.25) is 0 Å². The fourth-order valence-corrected chi connectivity index (χ4v) is 3.30. The number of hydrogen-bond acceptors (Lipinski definition) is 4. The van der Waals surface area contributed by atoms with Gasteiger partial charge in [-0.3, -0.25) is 20.4 Å².